The van der Waals surface area contributed by atoms with Gasteiger partial charge >= 0.3 is 0 Å². The summed E-state index contributed by atoms with van der Waals surface area (Å²) in [5.41, 5.74) is 3.04. The van der Waals surface area contributed by atoms with E-state index in [-0.39, 0.29) is 17.9 Å². The van der Waals surface area contributed by atoms with Crippen LogP contribution in [-0.2, 0) is 16.1 Å². The maximum absolute atomic E-state index is 13.2. The second kappa shape index (κ2) is 10.4. The van der Waals surface area contributed by atoms with Crippen molar-refractivity contribution in [2.75, 3.05) is 6.61 Å². The SMILES string of the molecule is Cc1cccc(C2/C(=C(/O)c3cccc(Cl)c3)C(=O)C(=O)N2Cc2ccc(OCC(C)C)cc2)c1. The number of carbonyl (C=O) groups is 2. The molecule has 180 valence electrons. The first kappa shape index (κ1) is 24.6. The van der Waals surface area contributed by atoms with Gasteiger partial charge in [-0.3, -0.25) is 9.59 Å². The average Bonchev–Trinajstić information content (AvgIpc) is 3.08. The second-order valence-electron chi connectivity index (χ2n) is 9.20. The van der Waals surface area contributed by atoms with Gasteiger partial charge in [0.25, 0.3) is 11.7 Å². The lowest BCUT2D eigenvalue weighted by Gasteiger charge is -2.26. The molecular formula is C29H28ClNO4. The van der Waals surface area contributed by atoms with Crippen LogP contribution < -0.4 is 4.74 Å². The Morgan fingerprint density at radius 1 is 1.03 bits per heavy atom. The predicted octanol–water partition coefficient (Wildman–Crippen LogP) is 6.31. The van der Waals surface area contributed by atoms with Crippen molar-refractivity contribution in [3.05, 3.63) is 106 Å². The minimum absolute atomic E-state index is 0.0553. The van der Waals surface area contributed by atoms with E-state index in [4.69, 9.17) is 16.3 Å². The van der Waals surface area contributed by atoms with E-state index in [1.54, 1.807) is 24.3 Å². The summed E-state index contributed by atoms with van der Waals surface area (Å²) >= 11 is 6.12. The van der Waals surface area contributed by atoms with Crippen LogP contribution in [0.4, 0.5) is 0 Å². The number of aliphatic hydroxyl groups is 1. The summed E-state index contributed by atoms with van der Waals surface area (Å²) in [6.45, 7) is 6.94. The number of aliphatic hydroxyl groups excluding tert-OH is 1. The minimum atomic E-state index is -0.731. The van der Waals surface area contributed by atoms with Gasteiger partial charge in [0, 0.05) is 17.1 Å². The van der Waals surface area contributed by atoms with Gasteiger partial charge in [-0.15, -0.1) is 0 Å². The van der Waals surface area contributed by atoms with E-state index in [0.717, 1.165) is 22.4 Å². The number of hydrogen-bond acceptors (Lipinski definition) is 4. The smallest absolute Gasteiger partial charge is 0.295 e. The molecule has 1 heterocycles. The second-order valence-corrected chi connectivity index (χ2v) is 9.64. The summed E-state index contributed by atoms with van der Waals surface area (Å²) in [5.74, 6) is -0.445. The Kier molecular flexibility index (Phi) is 7.27. The number of aryl methyl sites for hydroxylation is 1. The third kappa shape index (κ3) is 5.41. The van der Waals surface area contributed by atoms with Crippen molar-refractivity contribution < 1.29 is 19.4 Å². The van der Waals surface area contributed by atoms with Crippen molar-refractivity contribution in [3.63, 3.8) is 0 Å². The molecule has 3 aromatic rings. The minimum Gasteiger partial charge on any atom is -0.507 e. The Bertz CT molecular complexity index is 1280. The van der Waals surface area contributed by atoms with E-state index < -0.39 is 17.7 Å². The monoisotopic (exact) mass is 489 g/mol. The van der Waals surface area contributed by atoms with E-state index in [1.807, 2.05) is 55.5 Å². The molecule has 0 bridgehead atoms. The highest BCUT2D eigenvalue weighted by Crippen LogP contribution is 2.40. The molecule has 1 aliphatic heterocycles. The molecule has 1 atom stereocenters. The highest BCUT2D eigenvalue weighted by molar-refractivity contribution is 6.46. The molecule has 1 aliphatic rings. The fraction of sp³-hybridized carbons (Fsp3) is 0.241. The van der Waals surface area contributed by atoms with Crippen LogP contribution in [0.1, 0.15) is 42.1 Å². The zero-order chi connectivity index (χ0) is 25.1. The van der Waals surface area contributed by atoms with Crippen LogP contribution in [0.15, 0.2) is 78.4 Å². The number of rotatable bonds is 7. The van der Waals surface area contributed by atoms with Gasteiger partial charge in [0.1, 0.15) is 11.5 Å². The van der Waals surface area contributed by atoms with Crippen molar-refractivity contribution in [1.82, 2.24) is 4.90 Å². The summed E-state index contributed by atoms with van der Waals surface area (Å²) in [6.07, 6.45) is 0. The van der Waals surface area contributed by atoms with E-state index >= 15 is 0 Å². The fourth-order valence-corrected chi connectivity index (χ4v) is 4.36. The number of hydrogen-bond donors (Lipinski definition) is 1. The van der Waals surface area contributed by atoms with Crippen LogP contribution in [-0.4, -0.2) is 28.3 Å². The van der Waals surface area contributed by atoms with Crippen LogP contribution >= 0.6 is 11.6 Å². The summed E-state index contributed by atoms with van der Waals surface area (Å²) in [4.78, 5) is 27.9. The van der Waals surface area contributed by atoms with Gasteiger partial charge in [-0.25, -0.2) is 0 Å². The zero-order valence-corrected chi connectivity index (χ0v) is 20.8. The Hall–Kier alpha value is -3.57. The molecule has 1 fully saturated rings. The number of amides is 1. The van der Waals surface area contributed by atoms with Gasteiger partial charge in [0.05, 0.1) is 18.2 Å². The zero-order valence-electron chi connectivity index (χ0n) is 20.0. The molecule has 0 aromatic heterocycles. The molecule has 1 unspecified atom stereocenters. The first-order valence-corrected chi connectivity index (χ1v) is 11.9. The van der Waals surface area contributed by atoms with Crippen LogP contribution in [0, 0.1) is 12.8 Å². The highest BCUT2D eigenvalue weighted by atomic mass is 35.5. The average molecular weight is 490 g/mol. The molecule has 0 radical (unpaired) electrons. The van der Waals surface area contributed by atoms with Gasteiger partial charge in [-0.2, -0.15) is 0 Å². The number of likely N-dealkylation sites (tertiary alicyclic amines) is 1. The van der Waals surface area contributed by atoms with Crippen molar-refractivity contribution in [1.29, 1.82) is 0 Å². The molecule has 0 spiro atoms. The Morgan fingerprint density at radius 2 is 1.74 bits per heavy atom. The topological polar surface area (TPSA) is 66.8 Å². The fourth-order valence-electron chi connectivity index (χ4n) is 4.17. The van der Waals surface area contributed by atoms with Gasteiger partial charge in [-0.05, 0) is 48.2 Å². The van der Waals surface area contributed by atoms with Crippen molar-refractivity contribution >= 4 is 29.1 Å². The Morgan fingerprint density at radius 3 is 2.40 bits per heavy atom. The number of benzene rings is 3. The van der Waals surface area contributed by atoms with E-state index in [0.29, 0.717) is 23.1 Å². The van der Waals surface area contributed by atoms with Gasteiger partial charge in [-0.1, -0.05) is 79.5 Å². The van der Waals surface area contributed by atoms with E-state index in [1.165, 1.54) is 4.90 Å². The lowest BCUT2D eigenvalue weighted by atomic mass is 9.94. The standard InChI is InChI=1S/C29H28ClNO4/c1-18(2)17-35-24-12-10-20(11-13-24)16-31-26(21-7-4-6-19(3)14-21)25(28(33)29(31)34)27(32)22-8-5-9-23(30)15-22/h4-15,18,26,32H,16-17H2,1-3H3/b27-25-. The largest absolute Gasteiger partial charge is 0.507 e. The molecule has 0 saturated carbocycles. The van der Waals surface area contributed by atoms with Crippen LogP contribution in [0.25, 0.3) is 5.76 Å². The lowest BCUT2D eigenvalue weighted by molar-refractivity contribution is -0.140. The van der Waals surface area contributed by atoms with Crippen LogP contribution in [0.3, 0.4) is 0 Å². The third-order valence-corrected chi connectivity index (χ3v) is 6.09. The van der Waals surface area contributed by atoms with E-state index in [9.17, 15) is 14.7 Å². The number of Topliss-reactive ketones (excluding diaryl/α,β-unsaturated/α-hetero) is 1. The van der Waals surface area contributed by atoms with Gasteiger partial charge < -0.3 is 14.7 Å². The Labute approximate surface area is 210 Å². The maximum Gasteiger partial charge on any atom is 0.295 e. The highest BCUT2D eigenvalue weighted by Gasteiger charge is 2.46. The van der Waals surface area contributed by atoms with Gasteiger partial charge in [0.15, 0.2) is 0 Å². The van der Waals surface area contributed by atoms with E-state index in [2.05, 4.69) is 13.8 Å². The van der Waals surface area contributed by atoms with Gasteiger partial charge in [0.2, 0.25) is 0 Å². The third-order valence-electron chi connectivity index (χ3n) is 5.86. The molecule has 1 amide bonds. The molecule has 4 rings (SSSR count). The maximum atomic E-state index is 13.2. The summed E-state index contributed by atoms with van der Waals surface area (Å²) in [6, 6.07) is 21.0. The van der Waals surface area contributed by atoms with Crippen LogP contribution in [0.2, 0.25) is 5.02 Å². The molecule has 6 heteroatoms. The lowest BCUT2D eigenvalue weighted by Crippen LogP contribution is -2.29. The van der Waals surface area contributed by atoms with Crippen molar-refractivity contribution in [3.8, 4) is 5.75 Å². The Balaban J connectivity index is 1.74. The first-order valence-electron chi connectivity index (χ1n) is 11.6. The normalized spacial score (nSPS) is 17.3. The number of ether oxygens (including phenoxy) is 1. The number of halogens is 1. The summed E-state index contributed by atoms with van der Waals surface area (Å²) in [5, 5.41) is 11.6. The molecule has 3 aromatic carbocycles. The molecular weight excluding hydrogens is 462 g/mol. The number of nitrogens with zero attached hydrogens (tertiary/aromatic N) is 1. The number of carbonyl (C=O) groups excluding carboxylic acids is 2. The van der Waals surface area contributed by atoms with Crippen molar-refractivity contribution in [2.45, 2.75) is 33.4 Å². The quantitative estimate of drug-likeness (QED) is 0.240. The number of ketones is 1. The molecule has 0 aliphatic carbocycles. The molecule has 35 heavy (non-hydrogen) atoms. The first-order chi connectivity index (χ1) is 16.7. The predicted molar refractivity (Wildman–Crippen MR) is 137 cm³/mol. The molecule has 1 saturated heterocycles. The molecule has 5 nitrogen and oxygen atoms in total. The summed E-state index contributed by atoms with van der Waals surface area (Å²) < 4.78 is 5.76. The summed E-state index contributed by atoms with van der Waals surface area (Å²) in [7, 11) is 0. The van der Waals surface area contributed by atoms with Crippen molar-refractivity contribution in [2.24, 2.45) is 5.92 Å². The molecule has 1 N–H and O–H groups in total. The van der Waals surface area contributed by atoms with Crippen LogP contribution in [0.5, 0.6) is 5.75 Å².